The van der Waals surface area contributed by atoms with E-state index in [4.69, 9.17) is 14.8 Å². The lowest BCUT2D eigenvalue weighted by atomic mass is 9.90. The second kappa shape index (κ2) is 9.08. The van der Waals surface area contributed by atoms with Gasteiger partial charge in [-0.05, 0) is 49.4 Å². The van der Waals surface area contributed by atoms with Crippen LogP contribution >= 0.6 is 0 Å². The highest BCUT2D eigenvalue weighted by Crippen LogP contribution is 2.41. The van der Waals surface area contributed by atoms with Gasteiger partial charge < -0.3 is 15.0 Å². The molecule has 1 N–H and O–H groups in total. The number of benzene rings is 1. The molecule has 2 aliphatic rings. The van der Waals surface area contributed by atoms with Crippen LogP contribution < -0.4 is 10.1 Å². The average molecular weight is 462 g/mol. The molecule has 0 bridgehead atoms. The molecule has 1 saturated heterocycles. The number of aromatic nitrogens is 3. The zero-order valence-corrected chi connectivity index (χ0v) is 20.0. The topological polar surface area (TPSA) is 89.3 Å². The van der Waals surface area contributed by atoms with Crippen LogP contribution in [0.1, 0.15) is 64.8 Å². The highest BCUT2D eigenvalue weighted by molar-refractivity contribution is 6.06. The summed E-state index contributed by atoms with van der Waals surface area (Å²) >= 11 is 0. The molecule has 8 nitrogen and oxygen atoms in total. The van der Waals surface area contributed by atoms with E-state index in [9.17, 15) is 9.59 Å². The number of likely N-dealkylation sites (tertiary alicyclic amines) is 1. The SMILES string of the molecule is CNC(=O)c1cc(C2CC2)nc2c1c(C1CCN(C(=O)Cc3ccc(OC)cc3)CC1)nn2C. The van der Waals surface area contributed by atoms with Gasteiger partial charge in [-0.25, -0.2) is 4.98 Å². The molecule has 0 radical (unpaired) electrons. The Kier molecular flexibility index (Phi) is 5.98. The van der Waals surface area contributed by atoms with E-state index >= 15 is 0 Å². The minimum absolute atomic E-state index is 0.101. The number of carbonyl (C=O) groups excluding carboxylic acids is 2. The van der Waals surface area contributed by atoms with E-state index < -0.39 is 0 Å². The lowest BCUT2D eigenvalue weighted by Gasteiger charge is -2.31. The standard InChI is InChI=1S/C26H31N5O3/c1-27-26(33)20-15-21(17-6-7-17)28-25-23(20)24(29-30(25)2)18-10-12-31(13-11-18)22(32)14-16-4-8-19(34-3)9-5-16/h4-5,8-9,15,17-18H,6-7,10-14H2,1-3H3,(H,27,33). The number of methoxy groups -OCH3 is 1. The first-order valence-corrected chi connectivity index (χ1v) is 12.0. The van der Waals surface area contributed by atoms with Crippen molar-refractivity contribution in [2.75, 3.05) is 27.2 Å². The molecule has 178 valence electrons. The zero-order valence-electron chi connectivity index (χ0n) is 20.0. The number of nitrogens with one attached hydrogen (secondary N) is 1. The van der Waals surface area contributed by atoms with Crippen molar-refractivity contribution >= 4 is 22.8 Å². The zero-order chi connectivity index (χ0) is 23.8. The van der Waals surface area contributed by atoms with Crippen molar-refractivity contribution in [3.8, 4) is 5.75 Å². The Morgan fingerprint density at radius 1 is 1.09 bits per heavy atom. The molecule has 2 fully saturated rings. The van der Waals surface area contributed by atoms with E-state index in [0.29, 0.717) is 31.0 Å². The molecule has 1 aliphatic carbocycles. The predicted octanol–water partition coefficient (Wildman–Crippen LogP) is 3.16. The van der Waals surface area contributed by atoms with Gasteiger partial charge in [-0.15, -0.1) is 0 Å². The summed E-state index contributed by atoms with van der Waals surface area (Å²) < 4.78 is 7.01. The number of aryl methyl sites for hydroxylation is 1. The van der Waals surface area contributed by atoms with E-state index in [1.165, 1.54) is 0 Å². The van der Waals surface area contributed by atoms with E-state index in [2.05, 4.69) is 5.32 Å². The van der Waals surface area contributed by atoms with Crippen molar-refractivity contribution in [3.05, 3.63) is 52.8 Å². The maximum atomic E-state index is 12.9. The fourth-order valence-electron chi connectivity index (χ4n) is 4.92. The third-order valence-corrected chi connectivity index (χ3v) is 7.06. The molecular weight excluding hydrogens is 430 g/mol. The summed E-state index contributed by atoms with van der Waals surface area (Å²) in [5.41, 5.74) is 4.33. The summed E-state index contributed by atoms with van der Waals surface area (Å²) in [5, 5.41) is 8.47. The van der Waals surface area contributed by atoms with Crippen LogP contribution in [0, 0.1) is 0 Å². The van der Waals surface area contributed by atoms with Crippen molar-refractivity contribution in [3.63, 3.8) is 0 Å². The number of rotatable bonds is 6. The number of fused-ring (bicyclic) bond motifs is 1. The number of pyridine rings is 1. The number of carbonyl (C=O) groups is 2. The van der Waals surface area contributed by atoms with Crippen molar-refractivity contribution in [2.24, 2.45) is 7.05 Å². The minimum atomic E-state index is -0.101. The van der Waals surface area contributed by atoms with Gasteiger partial charge in [0.25, 0.3) is 5.91 Å². The number of hydrogen-bond donors (Lipinski definition) is 1. The maximum Gasteiger partial charge on any atom is 0.251 e. The fraction of sp³-hybridized carbons (Fsp3) is 0.462. The smallest absolute Gasteiger partial charge is 0.251 e. The molecule has 0 atom stereocenters. The molecule has 0 spiro atoms. The molecule has 34 heavy (non-hydrogen) atoms. The summed E-state index contributed by atoms with van der Waals surface area (Å²) in [6.45, 7) is 1.36. The molecule has 3 heterocycles. The Morgan fingerprint density at radius 2 is 1.79 bits per heavy atom. The second-order valence-electron chi connectivity index (χ2n) is 9.34. The van der Waals surface area contributed by atoms with Gasteiger partial charge in [-0.2, -0.15) is 5.10 Å². The predicted molar refractivity (Wildman–Crippen MR) is 129 cm³/mol. The summed E-state index contributed by atoms with van der Waals surface area (Å²) in [5.74, 6) is 1.46. The van der Waals surface area contributed by atoms with Crippen molar-refractivity contribution in [2.45, 2.75) is 43.9 Å². The quantitative estimate of drug-likeness (QED) is 0.609. The van der Waals surface area contributed by atoms with Crippen LogP contribution in [0.15, 0.2) is 30.3 Å². The minimum Gasteiger partial charge on any atom is -0.497 e. The highest BCUT2D eigenvalue weighted by atomic mass is 16.5. The molecule has 1 saturated carbocycles. The monoisotopic (exact) mass is 461 g/mol. The molecule has 2 aromatic heterocycles. The van der Waals surface area contributed by atoms with Crippen LogP contribution in [0.2, 0.25) is 0 Å². The van der Waals surface area contributed by atoms with Crippen LogP contribution in [-0.4, -0.2) is 58.7 Å². The van der Waals surface area contributed by atoms with Crippen LogP contribution in [0.25, 0.3) is 11.0 Å². The largest absolute Gasteiger partial charge is 0.497 e. The van der Waals surface area contributed by atoms with Gasteiger partial charge in [-0.1, -0.05) is 12.1 Å². The first-order valence-electron chi connectivity index (χ1n) is 12.0. The van der Waals surface area contributed by atoms with Crippen molar-refractivity contribution in [1.29, 1.82) is 0 Å². The number of nitrogens with zero attached hydrogens (tertiary/aromatic N) is 4. The van der Waals surface area contributed by atoms with E-state index in [1.54, 1.807) is 14.2 Å². The molecule has 2 amide bonds. The van der Waals surface area contributed by atoms with Gasteiger partial charge in [0, 0.05) is 44.7 Å². The Labute approximate surface area is 199 Å². The first kappa shape index (κ1) is 22.4. The van der Waals surface area contributed by atoms with Gasteiger partial charge in [-0.3, -0.25) is 14.3 Å². The molecule has 1 aliphatic heterocycles. The summed E-state index contributed by atoms with van der Waals surface area (Å²) in [6, 6.07) is 9.60. The summed E-state index contributed by atoms with van der Waals surface area (Å²) in [6.07, 6.45) is 4.27. The van der Waals surface area contributed by atoms with Gasteiger partial charge in [0.15, 0.2) is 5.65 Å². The average Bonchev–Trinajstić information content (AvgIpc) is 3.67. The molecular formula is C26H31N5O3. The number of piperidine rings is 1. The second-order valence-corrected chi connectivity index (χ2v) is 9.34. The van der Waals surface area contributed by atoms with Crippen molar-refractivity contribution < 1.29 is 14.3 Å². The lowest BCUT2D eigenvalue weighted by Crippen LogP contribution is -2.39. The van der Waals surface area contributed by atoms with E-state index in [1.807, 2.05) is 47.0 Å². The number of amides is 2. The molecule has 0 unspecified atom stereocenters. The molecule has 5 rings (SSSR count). The Morgan fingerprint density at radius 3 is 2.41 bits per heavy atom. The normalized spacial score (nSPS) is 16.6. The van der Waals surface area contributed by atoms with Crippen LogP contribution in [0.5, 0.6) is 5.75 Å². The highest BCUT2D eigenvalue weighted by Gasteiger charge is 2.32. The Bertz CT molecular complexity index is 1220. The molecule has 3 aromatic rings. The van der Waals surface area contributed by atoms with Crippen molar-refractivity contribution in [1.82, 2.24) is 25.0 Å². The van der Waals surface area contributed by atoms with Gasteiger partial charge in [0.05, 0.1) is 30.2 Å². The van der Waals surface area contributed by atoms with Gasteiger partial charge in [0.1, 0.15) is 5.75 Å². The fourth-order valence-corrected chi connectivity index (χ4v) is 4.92. The third-order valence-electron chi connectivity index (χ3n) is 7.06. The van der Waals surface area contributed by atoms with Gasteiger partial charge >= 0.3 is 0 Å². The van der Waals surface area contributed by atoms with E-state index in [0.717, 1.165) is 59.4 Å². The van der Waals surface area contributed by atoms with Crippen LogP contribution in [0.4, 0.5) is 0 Å². The molecule has 8 heteroatoms. The molecule has 1 aromatic carbocycles. The maximum absolute atomic E-state index is 12.9. The van der Waals surface area contributed by atoms with Gasteiger partial charge in [0.2, 0.25) is 5.91 Å². The summed E-state index contributed by atoms with van der Waals surface area (Å²) in [7, 11) is 5.19. The van der Waals surface area contributed by atoms with Crippen LogP contribution in [-0.2, 0) is 18.3 Å². The number of ether oxygens (including phenoxy) is 1. The third kappa shape index (κ3) is 4.24. The first-order chi connectivity index (χ1) is 16.5. The Hall–Kier alpha value is -3.42. The Balaban J connectivity index is 1.34. The summed E-state index contributed by atoms with van der Waals surface area (Å²) in [4.78, 5) is 32.5. The van der Waals surface area contributed by atoms with E-state index in [-0.39, 0.29) is 17.7 Å². The van der Waals surface area contributed by atoms with Crippen LogP contribution in [0.3, 0.4) is 0 Å². The lowest BCUT2D eigenvalue weighted by molar-refractivity contribution is -0.131. The number of hydrogen-bond acceptors (Lipinski definition) is 5.